The van der Waals surface area contributed by atoms with Gasteiger partial charge in [0.05, 0.1) is 71.4 Å². The fourth-order valence-corrected chi connectivity index (χ4v) is 13.4. The third-order valence-electron chi connectivity index (χ3n) is 18.2. The number of phosphoric acid groups is 2. The number of hydrogen-bond donors (Lipinski definition) is 5. The van der Waals surface area contributed by atoms with E-state index < -0.39 is 103 Å². The Bertz CT molecular complexity index is 2390. The summed E-state index contributed by atoms with van der Waals surface area (Å²) in [7, 11) is -10.1. The van der Waals surface area contributed by atoms with Crippen molar-refractivity contribution in [2.24, 2.45) is 0 Å². The number of hydrogen-bond acceptors (Lipinski definition) is 21. The monoisotopic (exact) mass is 1610 g/mol. The van der Waals surface area contributed by atoms with E-state index in [0.717, 1.165) is 122 Å². The van der Waals surface area contributed by atoms with Crippen LogP contribution in [0.5, 0.6) is 0 Å². The molecule has 3 amide bonds. The van der Waals surface area contributed by atoms with Gasteiger partial charge in [-0.25, -0.2) is 0 Å². The average Bonchev–Trinajstić information content (AvgIpc) is 0.913. The summed E-state index contributed by atoms with van der Waals surface area (Å²) in [5.74, 6) is -3.24. The van der Waals surface area contributed by atoms with Crippen LogP contribution in [0.15, 0.2) is 24.3 Å². The van der Waals surface area contributed by atoms with Crippen molar-refractivity contribution < 1.29 is 154 Å². The number of esters is 2. The number of aliphatic hydroxyl groups is 1. The molecule has 0 aromatic rings. The molecule has 0 saturated carbocycles. The van der Waals surface area contributed by atoms with E-state index in [0.29, 0.717) is 64.2 Å². The number of allylic oxidation sites excluding steroid dienone is 4. The number of Topliss-reactive ketones (excluding diaryl/α,β-unsaturated/α-hetero) is 2. The minimum atomic E-state index is -5.07. The van der Waals surface area contributed by atoms with Crippen LogP contribution in [0.3, 0.4) is 0 Å². The van der Waals surface area contributed by atoms with Crippen molar-refractivity contribution in [3.8, 4) is 0 Å². The van der Waals surface area contributed by atoms with Crippen molar-refractivity contribution in [2.75, 3.05) is 65.9 Å². The third-order valence-corrected chi connectivity index (χ3v) is 20.1. The van der Waals surface area contributed by atoms with E-state index in [4.69, 9.17) is 37.0 Å². The van der Waals surface area contributed by atoms with Crippen LogP contribution in [0.1, 0.15) is 356 Å². The van der Waals surface area contributed by atoms with Gasteiger partial charge in [0.2, 0.25) is 17.7 Å². The zero-order valence-corrected chi connectivity index (χ0v) is 75.3. The summed E-state index contributed by atoms with van der Waals surface area (Å²) >= 11 is 0. The molecule has 24 nitrogen and oxygen atoms in total. The molecule has 0 aromatic carbocycles. The van der Waals surface area contributed by atoms with Crippen molar-refractivity contribution >= 4 is 56.9 Å². The first kappa shape index (κ1) is 111. The number of amides is 3. The number of nitrogens with one attached hydrogen (secondary N) is 4. The van der Waals surface area contributed by atoms with Gasteiger partial charge in [-0.05, 0) is 89.9 Å². The van der Waals surface area contributed by atoms with Crippen LogP contribution in [-0.4, -0.2) is 143 Å². The predicted molar refractivity (Wildman–Crippen MR) is 420 cm³/mol. The second-order valence-corrected chi connectivity index (χ2v) is 31.5. The van der Waals surface area contributed by atoms with Crippen molar-refractivity contribution in [3.63, 3.8) is 0 Å². The number of carbonyl (C=O) groups excluding carboxylic acids is 7. The van der Waals surface area contributed by atoms with Gasteiger partial charge in [0.15, 0.2) is 0 Å². The maximum atomic E-state index is 13.2. The third kappa shape index (κ3) is 77.2. The maximum Gasteiger partial charge on any atom is 1.00 e. The number of phosphoric ester groups is 2. The molecule has 0 bridgehead atoms. The average molecular weight is 1610 g/mol. The standard InChI is InChI=1S/C81H152N4O20P2.2Na/c1-7-13-19-23-27-31-35-39-45-49-72(86)63-78(90)84-70(66-98-59-55-74(51-43-17-11-5)104-80(92)53-47-41-37-33-29-25-21-15-9-3)68-102-106(94,95)100-61-57-82-76(88)65-77(89)83-58-62-101-107(96,97)103-69-71(85-79(91)64-73(87)50-46-40-36-32-28-24-20-14-8-2)67-99-60-56-75(52-44-18-12-6)105-81(93)54-48-42-38-34-30-26-22-16-10-4;;/h33-34,37-38,70-71,74-75,78,84,90H,7-32,35-36,39-69H2,1-6H3,(H,82,88)(H,83,89)(H,85,91)(H,94,95)(H,96,97);;/q;2*+1/p-2/b37-33-,38-34-;;. The molecule has 109 heavy (non-hydrogen) atoms. The Kier molecular flexibility index (Phi) is 81.8. The molecule has 5 N–H and O–H groups in total. The predicted octanol–water partition coefficient (Wildman–Crippen LogP) is 10.3. The molecular formula is C81H150N4Na2O20P2. The second-order valence-electron chi connectivity index (χ2n) is 28.7. The van der Waals surface area contributed by atoms with Gasteiger partial charge in [0.25, 0.3) is 15.6 Å². The summed E-state index contributed by atoms with van der Waals surface area (Å²) in [5, 5.41) is 21.2. The van der Waals surface area contributed by atoms with Gasteiger partial charge in [0, 0.05) is 58.0 Å². The Balaban J connectivity index is -0.0000562. The molecule has 626 valence electrons. The molecule has 0 heterocycles. The first-order valence-corrected chi connectivity index (χ1v) is 45.0. The van der Waals surface area contributed by atoms with Crippen LogP contribution in [-0.2, 0) is 79.7 Å². The summed E-state index contributed by atoms with van der Waals surface area (Å²) in [6.45, 7) is 9.71. The van der Waals surface area contributed by atoms with Crippen molar-refractivity contribution in [1.82, 2.24) is 21.3 Å². The van der Waals surface area contributed by atoms with E-state index in [2.05, 4.69) is 87.1 Å². The van der Waals surface area contributed by atoms with Crippen LogP contribution in [0.25, 0.3) is 0 Å². The van der Waals surface area contributed by atoms with Crippen LogP contribution in [0.4, 0.5) is 0 Å². The molecule has 0 aliphatic rings. The molecule has 28 heteroatoms. The minimum absolute atomic E-state index is 0. The Hall–Kier alpha value is -1.77. The summed E-state index contributed by atoms with van der Waals surface area (Å²) in [5.41, 5.74) is 0. The van der Waals surface area contributed by atoms with Crippen LogP contribution in [0.2, 0.25) is 0 Å². The Labute approximate surface area is 703 Å². The van der Waals surface area contributed by atoms with E-state index in [1.54, 1.807) is 0 Å². The zero-order valence-electron chi connectivity index (χ0n) is 69.5. The zero-order chi connectivity index (χ0) is 79.0. The van der Waals surface area contributed by atoms with E-state index in [-0.39, 0.29) is 141 Å². The fraction of sp³-hybridized carbons (Fsp3) is 0.864. The second kappa shape index (κ2) is 80.0. The quantitative estimate of drug-likeness (QED) is 0.00718. The van der Waals surface area contributed by atoms with Crippen LogP contribution < -0.4 is 90.2 Å². The number of unbranched alkanes of at least 4 members (excludes halogenated alkanes) is 30. The van der Waals surface area contributed by atoms with Gasteiger partial charge in [0.1, 0.15) is 36.4 Å². The van der Waals surface area contributed by atoms with E-state index in [1.807, 2.05) is 0 Å². The minimum Gasteiger partial charge on any atom is -0.756 e. The fourth-order valence-electron chi connectivity index (χ4n) is 11.9. The van der Waals surface area contributed by atoms with Crippen molar-refractivity contribution in [1.29, 1.82) is 0 Å². The first-order chi connectivity index (χ1) is 51.7. The first-order valence-electron chi connectivity index (χ1n) is 42.1. The van der Waals surface area contributed by atoms with Gasteiger partial charge in [-0.3, -0.25) is 48.0 Å². The number of rotatable bonds is 81. The summed E-state index contributed by atoms with van der Waals surface area (Å²) in [6, 6.07) is -1.98. The molecule has 0 radical (unpaired) electrons. The van der Waals surface area contributed by atoms with Crippen molar-refractivity contribution in [2.45, 2.75) is 387 Å². The summed E-state index contributed by atoms with van der Waals surface area (Å²) in [4.78, 5) is 116. The molecule has 0 fully saturated rings. The topological polar surface area (TPSA) is 342 Å². The molecule has 7 unspecified atom stereocenters. The molecule has 0 aliphatic carbocycles. The Morgan fingerprint density at radius 3 is 1.14 bits per heavy atom. The number of ketones is 2. The summed E-state index contributed by atoms with van der Waals surface area (Å²) < 4.78 is 70.0. The largest absolute Gasteiger partial charge is 1.00 e. The van der Waals surface area contributed by atoms with Crippen molar-refractivity contribution in [3.05, 3.63) is 24.3 Å². The van der Waals surface area contributed by atoms with E-state index >= 15 is 0 Å². The molecule has 0 saturated heterocycles. The molecule has 0 rings (SSSR count). The number of carbonyl (C=O) groups is 7. The molecule has 0 aliphatic heterocycles. The summed E-state index contributed by atoms with van der Waals surface area (Å²) in [6.07, 6.45) is 47.8. The molecule has 0 aromatic heterocycles. The van der Waals surface area contributed by atoms with E-state index in [9.17, 15) is 57.6 Å². The van der Waals surface area contributed by atoms with Gasteiger partial charge in [-0.15, -0.1) is 0 Å². The van der Waals surface area contributed by atoms with Gasteiger partial charge in [-0.1, -0.05) is 233 Å². The molecular weight excluding hydrogens is 1460 g/mol. The van der Waals surface area contributed by atoms with Crippen LogP contribution in [0, 0.1) is 0 Å². The number of aliphatic hydroxyl groups excluding tert-OH is 1. The van der Waals surface area contributed by atoms with Crippen LogP contribution >= 0.6 is 15.6 Å². The molecule has 7 atom stereocenters. The van der Waals surface area contributed by atoms with Gasteiger partial charge in [-0.2, -0.15) is 0 Å². The SMILES string of the molecule is CCCCCC/C=C\CCCC(=O)OC(CCCCC)CCOCC(COP(=O)([O-])OCCNC(=O)CC(=O)NCCOP(=O)([O-])OCC(COCCC(CCCCC)OC(=O)CCC/C=C\CCCCCC)NC(O)CC(=O)CCCCCCCCCCC)NC(=O)CC(=O)CCCCCCCCCCC.[Na+].[Na+]. The van der Waals surface area contributed by atoms with Gasteiger partial charge >= 0.3 is 71.1 Å². The van der Waals surface area contributed by atoms with Gasteiger partial charge < -0.3 is 67.9 Å². The Morgan fingerprint density at radius 2 is 0.725 bits per heavy atom. The maximum absolute atomic E-state index is 13.2. The normalized spacial score (nSPS) is 14.0. The Morgan fingerprint density at radius 1 is 0.376 bits per heavy atom. The smallest absolute Gasteiger partial charge is 0.756 e. The molecule has 0 spiro atoms. The number of ether oxygens (including phenoxy) is 4. The van der Waals surface area contributed by atoms with E-state index in [1.165, 1.54) is 96.3 Å².